The van der Waals surface area contributed by atoms with Crippen LogP contribution in [0.1, 0.15) is 22.6 Å². The Bertz CT molecular complexity index is 1110. The zero-order valence-electron chi connectivity index (χ0n) is 15.9. The molecule has 0 bridgehead atoms. The first-order valence-electron chi connectivity index (χ1n) is 8.62. The molecule has 0 aliphatic carbocycles. The number of hydrogen-bond acceptors (Lipinski definition) is 5. The van der Waals surface area contributed by atoms with Crippen LogP contribution in [0, 0.1) is 30.9 Å². The summed E-state index contributed by atoms with van der Waals surface area (Å²) >= 11 is 12.0. The van der Waals surface area contributed by atoms with Gasteiger partial charge in [0.25, 0.3) is 0 Å². The highest BCUT2D eigenvalue weighted by Gasteiger charge is 2.19. The number of nitrogens with zero attached hydrogens (tertiary/aromatic N) is 5. The van der Waals surface area contributed by atoms with Crippen LogP contribution >= 0.6 is 23.2 Å². The normalized spacial score (nSPS) is 10.9. The van der Waals surface area contributed by atoms with Gasteiger partial charge in [0.05, 0.1) is 38.6 Å². The molecule has 0 aliphatic rings. The first-order valence-corrected chi connectivity index (χ1v) is 9.37. The van der Waals surface area contributed by atoms with Crippen molar-refractivity contribution in [2.75, 3.05) is 5.32 Å². The molecular weight excluding hydrogens is 419 g/mol. The average Bonchev–Trinajstić information content (AvgIpc) is 3.12. The molecule has 11 heteroatoms. The van der Waals surface area contributed by atoms with Crippen molar-refractivity contribution >= 4 is 40.5 Å². The third-order valence-corrected chi connectivity index (χ3v) is 5.12. The molecule has 1 N–H and O–H groups in total. The zero-order chi connectivity index (χ0) is 21.3. The lowest BCUT2D eigenvalue weighted by molar-refractivity contribution is -0.385. The number of hydrogen-bond donors (Lipinski definition) is 1. The molecule has 0 radical (unpaired) electrons. The first kappa shape index (κ1) is 20.8. The van der Waals surface area contributed by atoms with E-state index >= 15 is 0 Å². The zero-order valence-corrected chi connectivity index (χ0v) is 17.5. The van der Waals surface area contributed by atoms with Gasteiger partial charge in [-0.2, -0.15) is 10.2 Å². The monoisotopic (exact) mass is 436 g/mol. The Hall–Kier alpha value is -2.91. The van der Waals surface area contributed by atoms with Crippen molar-refractivity contribution in [2.24, 2.45) is 0 Å². The molecule has 152 valence electrons. The Morgan fingerprint density at radius 1 is 1.17 bits per heavy atom. The van der Waals surface area contributed by atoms with Crippen LogP contribution in [-0.4, -0.2) is 30.4 Å². The van der Waals surface area contributed by atoms with E-state index in [1.807, 2.05) is 13.0 Å². The molecule has 0 aliphatic heterocycles. The van der Waals surface area contributed by atoms with Crippen LogP contribution in [0.15, 0.2) is 24.4 Å². The Morgan fingerprint density at radius 2 is 1.90 bits per heavy atom. The highest BCUT2D eigenvalue weighted by atomic mass is 35.5. The predicted octanol–water partition coefficient (Wildman–Crippen LogP) is 3.91. The summed E-state index contributed by atoms with van der Waals surface area (Å²) in [4.78, 5) is 22.8. The minimum atomic E-state index is -0.530. The quantitative estimate of drug-likeness (QED) is 0.465. The number of anilines is 1. The Labute approximate surface area is 176 Å². The maximum atomic E-state index is 12.4. The molecule has 2 aromatic heterocycles. The van der Waals surface area contributed by atoms with Crippen LogP contribution in [0.2, 0.25) is 10.0 Å². The lowest BCUT2D eigenvalue weighted by Crippen LogP contribution is -2.20. The van der Waals surface area contributed by atoms with Crippen molar-refractivity contribution in [1.29, 1.82) is 0 Å². The molecule has 1 amide bonds. The first-order chi connectivity index (χ1) is 13.7. The predicted molar refractivity (Wildman–Crippen MR) is 110 cm³/mol. The number of halogens is 2. The molecule has 0 unspecified atom stereocenters. The number of aryl methyl sites for hydroxylation is 2. The summed E-state index contributed by atoms with van der Waals surface area (Å²) in [5, 5.41) is 23.1. The van der Waals surface area contributed by atoms with E-state index in [0.717, 1.165) is 11.3 Å². The van der Waals surface area contributed by atoms with Gasteiger partial charge < -0.3 is 5.32 Å². The van der Waals surface area contributed by atoms with Gasteiger partial charge in [-0.1, -0.05) is 29.3 Å². The second-order valence-electron chi connectivity index (χ2n) is 6.55. The lowest BCUT2D eigenvalue weighted by atomic mass is 10.2. The number of carbonyl (C=O) groups excluding carboxylic acids is 1. The van der Waals surface area contributed by atoms with Crippen LogP contribution in [0.5, 0.6) is 0 Å². The number of aromatic nitrogens is 4. The summed E-state index contributed by atoms with van der Waals surface area (Å²) in [5.41, 5.74) is 3.06. The van der Waals surface area contributed by atoms with Gasteiger partial charge in [-0.15, -0.1) is 0 Å². The number of rotatable bonds is 6. The van der Waals surface area contributed by atoms with Gasteiger partial charge in [0, 0.05) is 0 Å². The largest absolute Gasteiger partial charge is 0.321 e. The molecule has 2 heterocycles. The van der Waals surface area contributed by atoms with Crippen molar-refractivity contribution in [2.45, 2.75) is 33.9 Å². The van der Waals surface area contributed by atoms with Crippen LogP contribution in [0.25, 0.3) is 0 Å². The van der Waals surface area contributed by atoms with Gasteiger partial charge in [0.1, 0.15) is 18.4 Å². The van der Waals surface area contributed by atoms with Crippen molar-refractivity contribution in [1.82, 2.24) is 19.6 Å². The molecule has 0 saturated carbocycles. The smallest absolute Gasteiger partial charge is 0.309 e. The van der Waals surface area contributed by atoms with Gasteiger partial charge in [-0.25, -0.2) is 0 Å². The van der Waals surface area contributed by atoms with Crippen molar-refractivity contribution in [3.05, 3.63) is 67.2 Å². The molecule has 1 aromatic carbocycles. The van der Waals surface area contributed by atoms with Gasteiger partial charge >= 0.3 is 5.69 Å². The molecule has 29 heavy (non-hydrogen) atoms. The van der Waals surface area contributed by atoms with Gasteiger partial charge in [0.15, 0.2) is 0 Å². The molecule has 9 nitrogen and oxygen atoms in total. The lowest BCUT2D eigenvalue weighted by Gasteiger charge is -2.08. The van der Waals surface area contributed by atoms with Crippen molar-refractivity contribution in [3.63, 3.8) is 0 Å². The van der Waals surface area contributed by atoms with Gasteiger partial charge in [0.2, 0.25) is 5.91 Å². The number of carbonyl (C=O) groups is 1. The SMILES string of the molecule is Cc1nn(CC(=O)Nc2c(C)nn(Cc3ccc(Cl)c(Cl)c3)c2C)cc1[N+](=O)[O-]. The molecule has 0 saturated heterocycles. The second kappa shape index (κ2) is 8.22. The number of benzene rings is 1. The molecule has 0 spiro atoms. The fraction of sp³-hybridized carbons (Fsp3) is 0.278. The van der Waals surface area contributed by atoms with Crippen LogP contribution in [-0.2, 0) is 17.9 Å². The number of nitro groups is 1. The van der Waals surface area contributed by atoms with E-state index in [1.54, 1.807) is 23.7 Å². The van der Waals surface area contributed by atoms with Crippen molar-refractivity contribution < 1.29 is 9.72 Å². The highest BCUT2D eigenvalue weighted by Crippen LogP contribution is 2.25. The third kappa shape index (κ3) is 4.57. The summed E-state index contributed by atoms with van der Waals surface area (Å²) in [6, 6.07) is 5.35. The Balaban J connectivity index is 1.74. The van der Waals surface area contributed by atoms with Crippen LogP contribution in [0.4, 0.5) is 11.4 Å². The summed E-state index contributed by atoms with van der Waals surface area (Å²) in [7, 11) is 0. The standard InChI is InChI=1S/C18H18Cl2N6O3/c1-10-16(26(28)29)8-24(22-10)9-17(27)21-18-11(2)23-25(12(18)3)7-13-4-5-14(19)15(20)6-13/h4-6,8H,7,9H2,1-3H3,(H,21,27). The van der Waals surface area contributed by atoms with Gasteiger partial charge in [-0.05, 0) is 38.5 Å². The second-order valence-corrected chi connectivity index (χ2v) is 7.37. The van der Waals surface area contributed by atoms with Gasteiger partial charge in [-0.3, -0.25) is 24.3 Å². The summed E-state index contributed by atoms with van der Waals surface area (Å²) in [6.45, 7) is 5.47. The topological polar surface area (TPSA) is 108 Å². The van der Waals surface area contributed by atoms with Crippen LogP contribution < -0.4 is 5.32 Å². The molecule has 0 atom stereocenters. The van der Waals surface area contributed by atoms with E-state index in [1.165, 1.54) is 17.8 Å². The molecular formula is C18H18Cl2N6O3. The minimum Gasteiger partial charge on any atom is -0.321 e. The van der Waals surface area contributed by atoms with E-state index < -0.39 is 4.92 Å². The maximum absolute atomic E-state index is 12.4. The maximum Gasteiger partial charge on any atom is 0.309 e. The van der Waals surface area contributed by atoms with Crippen molar-refractivity contribution in [3.8, 4) is 0 Å². The van der Waals surface area contributed by atoms with E-state index in [-0.39, 0.29) is 23.8 Å². The number of amides is 1. The number of nitrogens with one attached hydrogen (secondary N) is 1. The minimum absolute atomic E-state index is 0.125. The third-order valence-electron chi connectivity index (χ3n) is 4.39. The fourth-order valence-electron chi connectivity index (χ4n) is 2.94. The Morgan fingerprint density at radius 3 is 2.52 bits per heavy atom. The van der Waals surface area contributed by atoms with E-state index in [2.05, 4.69) is 15.5 Å². The molecule has 3 rings (SSSR count). The van der Waals surface area contributed by atoms with E-state index in [4.69, 9.17) is 23.2 Å². The van der Waals surface area contributed by atoms with E-state index in [9.17, 15) is 14.9 Å². The van der Waals surface area contributed by atoms with E-state index in [0.29, 0.717) is 28.0 Å². The van der Waals surface area contributed by atoms with Crippen LogP contribution in [0.3, 0.4) is 0 Å². The highest BCUT2D eigenvalue weighted by molar-refractivity contribution is 6.42. The Kier molecular flexibility index (Phi) is 5.90. The summed E-state index contributed by atoms with van der Waals surface area (Å²) in [6.07, 6.45) is 1.24. The summed E-state index contributed by atoms with van der Waals surface area (Å²) in [5.74, 6) is -0.359. The molecule has 3 aromatic rings. The average molecular weight is 437 g/mol. The molecule has 0 fully saturated rings. The fourth-order valence-corrected chi connectivity index (χ4v) is 3.26. The summed E-state index contributed by atoms with van der Waals surface area (Å²) < 4.78 is 3.00.